The van der Waals surface area contributed by atoms with Crippen LogP contribution >= 0.6 is 27.3 Å². The van der Waals surface area contributed by atoms with Crippen LogP contribution < -0.4 is 5.32 Å². The lowest BCUT2D eigenvalue weighted by Crippen LogP contribution is -2.01. The van der Waals surface area contributed by atoms with Gasteiger partial charge in [0.15, 0.2) is 0 Å². The van der Waals surface area contributed by atoms with Gasteiger partial charge in [-0.05, 0) is 34.5 Å². The molecule has 0 fully saturated rings. The molecule has 0 saturated carbocycles. The Morgan fingerprint density at radius 1 is 1.35 bits per heavy atom. The number of hydrogen-bond donors (Lipinski definition) is 1. The normalized spacial score (nSPS) is 10.5. The van der Waals surface area contributed by atoms with Crippen molar-refractivity contribution in [3.8, 4) is 0 Å². The Balaban J connectivity index is 1.96. The summed E-state index contributed by atoms with van der Waals surface area (Å²) in [5.74, 6) is 0.896. The molecule has 0 saturated heterocycles. The highest BCUT2D eigenvalue weighted by Gasteiger charge is 2.00. The average molecular weight is 312 g/mol. The molecule has 0 amide bonds. The summed E-state index contributed by atoms with van der Waals surface area (Å²) in [4.78, 5) is 9.73. The van der Waals surface area contributed by atoms with Crippen LogP contribution in [-0.4, -0.2) is 9.97 Å². The van der Waals surface area contributed by atoms with E-state index in [1.807, 2.05) is 6.07 Å². The molecule has 5 heteroatoms. The average Bonchev–Trinajstić information content (AvgIpc) is 2.74. The van der Waals surface area contributed by atoms with E-state index in [1.165, 1.54) is 4.88 Å². The third-order valence-corrected chi connectivity index (χ3v) is 3.93. The summed E-state index contributed by atoms with van der Waals surface area (Å²) in [6, 6.07) is 6.19. The molecule has 0 aliphatic carbocycles. The Hall–Kier alpha value is -0.940. The standard InChI is InChI=1S/C12H14BrN3S/c1-2-3-9-6-12(16-8-15-9)14-7-10-4-5-11(13)17-10/h4-6,8H,2-3,7H2,1H3,(H,14,15,16). The molecule has 2 rings (SSSR count). The fraction of sp³-hybridized carbons (Fsp3) is 0.333. The first-order valence-electron chi connectivity index (χ1n) is 5.57. The Kier molecular flexibility index (Phi) is 4.50. The minimum absolute atomic E-state index is 0.804. The van der Waals surface area contributed by atoms with E-state index in [1.54, 1.807) is 17.7 Å². The maximum absolute atomic E-state index is 4.23. The molecule has 90 valence electrons. The van der Waals surface area contributed by atoms with Crippen molar-refractivity contribution in [3.63, 3.8) is 0 Å². The molecular formula is C12H14BrN3S. The zero-order valence-corrected chi connectivity index (χ0v) is 12.0. The molecule has 0 spiro atoms. The fourth-order valence-corrected chi connectivity index (χ4v) is 2.93. The van der Waals surface area contributed by atoms with Crippen molar-refractivity contribution >= 4 is 33.1 Å². The van der Waals surface area contributed by atoms with Gasteiger partial charge in [-0.2, -0.15) is 0 Å². The SMILES string of the molecule is CCCc1cc(NCc2ccc(Br)s2)ncn1. The van der Waals surface area contributed by atoms with Crippen LogP contribution in [0.3, 0.4) is 0 Å². The van der Waals surface area contributed by atoms with Gasteiger partial charge in [-0.1, -0.05) is 13.3 Å². The van der Waals surface area contributed by atoms with Crippen LogP contribution in [0.25, 0.3) is 0 Å². The highest BCUT2D eigenvalue weighted by Crippen LogP contribution is 2.22. The third kappa shape index (κ3) is 3.78. The van der Waals surface area contributed by atoms with Crippen molar-refractivity contribution in [2.75, 3.05) is 5.32 Å². The van der Waals surface area contributed by atoms with Crippen LogP contribution in [0.1, 0.15) is 23.9 Å². The molecule has 0 unspecified atom stereocenters. The summed E-state index contributed by atoms with van der Waals surface area (Å²) >= 11 is 5.19. The minimum atomic E-state index is 0.804. The maximum atomic E-state index is 4.23. The lowest BCUT2D eigenvalue weighted by Gasteiger charge is -2.05. The first kappa shape index (κ1) is 12.5. The van der Waals surface area contributed by atoms with Crippen LogP contribution in [0.5, 0.6) is 0 Å². The number of aryl methyl sites for hydroxylation is 1. The number of nitrogens with one attached hydrogen (secondary N) is 1. The Labute approximate surface area is 113 Å². The molecule has 0 aliphatic rings. The van der Waals surface area contributed by atoms with Gasteiger partial charge in [-0.3, -0.25) is 0 Å². The van der Waals surface area contributed by atoms with Gasteiger partial charge < -0.3 is 5.32 Å². The maximum Gasteiger partial charge on any atom is 0.129 e. The van der Waals surface area contributed by atoms with Crippen molar-refractivity contribution < 1.29 is 0 Å². The van der Waals surface area contributed by atoms with Crippen molar-refractivity contribution in [2.24, 2.45) is 0 Å². The molecule has 2 aromatic heterocycles. The second kappa shape index (κ2) is 6.12. The highest BCUT2D eigenvalue weighted by molar-refractivity contribution is 9.11. The Morgan fingerprint density at radius 2 is 2.24 bits per heavy atom. The topological polar surface area (TPSA) is 37.8 Å². The molecule has 0 aliphatic heterocycles. The summed E-state index contributed by atoms with van der Waals surface area (Å²) in [5.41, 5.74) is 1.09. The molecule has 0 bridgehead atoms. The van der Waals surface area contributed by atoms with Crippen molar-refractivity contribution in [1.29, 1.82) is 0 Å². The molecule has 0 aromatic carbocycles. The van der Waals surface area contributed by atoms with E-state index in [0.29, 0.717) is 0 Å². The summed E-state index contributed by atoms with van der Waals surface area (Å²) in [6.07, 6.45) is 3.73. The van der Waals surface area contributed by atoms with E-state index in [0.717, 1.165) is 34.7 Å². The molecule has 3 nitrogen and oxygen atoms in total. The monoisotopic (exact) mass is 311 g/mol. The molecule has 0 radical (unpaired) electrons. The molecule has 2 aromatic rings. The van der Waals surface area contributed by atoms with Crippen LogP contribution in [0.15, 0.2) is 28.3 Å². The highest BCUT2D eigenvalue weighted by atomic mass is 79.9. The zero-order chi connectivity index (χ0) is 12.1. The van der Waals surface area contributed by atoms with Crippen LogP contribution in [0.2, 0.25) is 0 Å². The summed E-state index contributed by atoms with van der Waals surface area (Å²) in [7, 11) is 0. The molecule has 1 N–H and O–H groups in total. The molecule has 2 heterocycles. The van der Waals surface area contributed by atoms with E-state index in [2.05, 4.69) is 50.3 Å². The van der Waals surface area contributed by atoms with E-state index < -0.39 is 0 Å². The van der Waals surface area contributed by atoms with E-state index >= 15 is 0 Å². The van der Waals surface area contributed by atoms with Gasteiger partial charge in [0, 0.05) is 16.6 Å². The van der Waals surface area contributed by atoms with E-state index in [4.69, 9.17) is 0 Å². The van der Waals surface area contributed by atoms with Crippen LogP contribution in [-0.2, 0) is 13.0 Å². The minimum Gasteiger partial charge on any atom is -0.365 e. The third-order valence-electron chi connectivity index (χ3n) is 2.30. The Morgan fingerprint density at radius 3 is 2.94 bits per heavy atom. The lowest BCUT2D eigenvalue weighted by molar-refractivity contribution is 0.871. The first-order valence-corrected chi connectivity index (χ1v) is 7.18. The summed E-state index contributed by atoms with van der Waals surface area (Å²) in [6.45, 7) is 2.96. The van der Waals surface area contributed by atoms with Gasteiger partial charge in [0.05, 0.1) is 10.3 Å². The smallest absolute Gasteiger partial charge is 0.129 e. The number of aromatic nitrogens is 2. The van der Waals surface area contributed by atoms with Gasteiger partial charge in [0.1, 0.15) is 12.1 Å². The largest absolute Gasteiger partial charge is 0.365 e. The van der Waals surface area contributed by atoms with Crippen LogP contribution in [0.4, 0.5) is 5.82 Å². The number of thiophene rings is 1. The Bertz CT molecular complexity index is 484. The number of rotatable bonds is 5. The van der Waals surface area contributed by atoms with Crippen molar-refractivity contribution in [2.45, 2.75) is 26.3 Å². The lowest BCUT2D eigenvalue weighted by atomic mass is 10.2. The quantitative estimate of drug-likeness (QED) is 0.911. The molecule has 17 heavy (non-hydrogen) atoms. The number of anilines is 1. The molecule has 0 atom stereocenters. The van der Waals surface area contributed by atoms with Gasteiger partial charge in [-0.15, -0.1) is 11.3 Å². The van der Waals surface area contributed by atoms with E-state index in [-0.39, 0.29) is 0 Å². The van der Waals surface area contributed by atoms with Crippen LogP contribution in [0, 0.1) is 0 Å². The van der Waals surface area contributed by atoms with Crippen molar-refractivity contribution in [1.82, 2.24) is 9.97 Å². The second-order valence-corrected chi connectivity index (χ2v) is 6.25. The summed E-state index contributed by atoms with van der Waals surface area (Å²) < 4.78 is 1.16. The first-order chi connectivity index (χ1) is 8.28. The van der Waals surface area contributed by atoms with Crippen molar-refractivity contribution in [3.05, 3.63) is 38.9 Å². The molecular weight excluding hydrogens is 298 g/mol. The zero-order valence-electron chi connectivity index (χ0n) is 9.61. The fourth-order valence-electron chi connectivity index (χ4n) is 1.51. The summed E-state index contributed by atoms with van der Waals surface area (Å²) in [5, 5.41) is 3.31. The predicted molar refractivity (Wildman–Crippen MR) is 75.4 cm³/mol. The second-order valence-electron chi connectivity index (χ2n) is 3.70. The predicted octanol–water partition coefficient (Wildman–Crippen LogP) is 3.87. The number of nitrogens with zero attached hydrogens (tertiary/aromatic N) is 2. The number of halogens is 1. The van der Waals surface area contributed by atoms with Gasteiger partial charge in [-0.25, -0.2) is 9.97 Å². The number of hydrogen-bond acceptors (Lipinski definition) is 4. The van der Waals surface area contributed by atoms with Gasteiger partial charge in [0.25, 0.3) is 0 Å². The van der Waals surface area contributed by atoms with Gasteiger partial charge >= 0.3 is 0 Å². The van der Waals surface area contributed by atoms with E-state index in [9.17, 15) is 0 Å². The van der Waals surface area contributed by atoms with Gasteiger partial charge in [0.2, 0.25) is 0 Å².